The van der Waals surface area contributed by atoms with Gasteiger partial charge in [-0.2, -0.15) is 0 Å². The molecule has 0 N–H and O–H groups in total. The summed E-state index contributed by atoms with van der Waals surface area (Å²) in [5, 5.41) is 0.233. The van der Waals surface area contributed by atoms with Gasteiger partial charge in [0.1, 0.15) is 0 Å². The van der Waals surface area contributed by atoms with Crippen LogP contribution in [0.5, 0.6) is 0 Å². The SMILES string of the molecule is ClC1C=C(C2CCCc3cccnc32)CCCC1. The molecule has 0 bridgehead atoms. The molecule has 0 aromatic carbocycles. The second-order valence-corrected chi connectivity index (χ2v) is 6.06. The molecule has 96 valence electrons. The third-order valence-electron chi connectivity index (χ3n) is 4.23. The van der Waals surface area contributed by atoms with E-state index in [2.05, 4.69) is 23.2 Å². The Kier molecular flexibility index (Phi) is 3.69. The molecule has 2 aliphatic carbocycles. The minimum absolute atomic E-state index is 0.233. The highest BCUT2D eigenvalue weighted by atomic mass is 35.5. The molecule has 0 saturated heterocycles. The van der Waals surface area contributed by atoms with Crippen LogP contribution in [0.3, 0.4) is 0 Å². The number of hydrogen-bond acceptors (Lipinski definition) is 1. The number of fused-ring (bicyclic) bond motifs is 1. The van der Waals surface area contributed by atoms with E-state index in [1.807, 2.05) is 6.20 Å². The molecule has 2 atom stereocenters. The molecule has 2 aliphatic rings. The van der Waals surface area contributed by atoms with Crippen molar-refractivity contribution in [3.63, 3.8) is 0 Å². The maximum Gasteiger partial charge on any atom is 0.0518 e. The first-order valence-corrected chi connectivity index (χ1v) is 7.56. The van der Waals surface area contributed by atoms with Gasteiger partial charge in [0.2, 0.25) is 0 Å². The summed E-state index contributed by atoms with van der Waals surface area (Å²) in [6.45, 7) is 0. The summed E-state index contributed by atoms with van der Waals surface area (Å²) in [5.74, 6) is 0.536. The highest BCUT2D eigenvalue weighted by molar-refractivity contribution is 6.21. The van der Waals surface area contributed by atoms with Gasteiger partial charge in [-0.25, -0.2) is 0 Å². The summed E-state index contributed by atoms with van der Waals surface area (Å²) in [4.78, 5) is 4.65. The highest BCUT2D eigenvalue weighted by Gasteiger charge is 2.25. The Morgan fingerprint density at radius 1 is 1.11 bits per heavy atom. The van der Waals surface area contributed by atoms with Gasteiger partial charge in [-0.05, 0) is 50.2 Å². The van der Waals surface area contributed by atoms with Crippen LogP contribution in [0.2, 0.25) is 0 Å². The van der Waals surface area contributed by atoms with E-state index in [-0.39, 0.29) is 5.38 Å². The van der Waals surface area contributed by atoms with Crippen LogP contribution >= 0.6 is 11.6 Å². The highest BCUT2D eigenvalue weighted by Crippen LogP contribution is 2.39. The van der Waals surface area contributed by atoms with Crippen LogP contribution in [0.25, 0.3) is 0 Å². The second kappa shape index (κ2) is 5.44. The predicted molar refractivity (Wildman–Crippen MR) is 76.1 cm³/mol. The van der Waals surface area contributed by atoms with Crippen molar-refractivity contribution in [1.82, 2.24) is 4.98 Å². The molecule has 0 aliphatic heterocycles. The number of allylic oxidation sites excluding steroid dienone is 2. The lowest BCUT2D eigenvalue weighted by molar-refractivity contribution is 0.570. The second-order valence-electron chi connectivity index (χ2n) is 5.50. The fourth-order valence-electron chi connectivity index (χ4n) is 3.33. The van der Waals surface area contributed by atoms with Gasteiger partial charge in [0.25, 0.3) is 0 Å². The van der Waals surface area contributed by atoms with Crippen LogP contribution in [-0.4, -0.2) is 10.4 Å². The molecule has 1 heterocycles. The van der Waals surface area contributed by atoms with E-state index in [0.717, 1.165) is 6.42 Å². The van der Waals surface area contributed by atoms with E-state index in [1.54, 1.807) is 5.57 Å². The van der Waals surface area contributed by atoms with E-state index in [0.29, 0.717) is 5.92 Å². The lowest BCUT2D eigenvalue weighted by Gasteiger charge is -2.26. The molecule has 2 heteroatoms. The Hall–Kier alpha value is -0.820. The molecule has 0 saturated carbocycles. The molecule has 3 rings (SSSR count). The number of halogens is 1. The Morgan fingerprint density at radius 2 is 2.06 bits per heavy atom. The first-order chi connectivity index (χ1) is 8.84. The summed E-state index contributed by atoms with van der Waals surface area (Å²) in [6.07, 6.45) is 12.9. The summed E-state index contributed by atoms with van der Waals surface area (Å²) >= 11 is 6.37. The van der Waals surface area contributed by atoms with E-state index in [1.165, 1.54) is 49.8 Å². The fraction of sp³-hybridized carbons (Fsp3) is 0.562. The average Bonchev–Trinajstić information content (AvgIpc) is 2.63. The van der Waals surface area contributed by atoms with Crippen molar-refractivity contribution in [2.24, 2.45) is 0 Å². The van der Waals surface area contributed by atoms with Gasteiger partial charge in [-0.1, -0.05) is 24.1 Å². The smallest absolute Gasteiger partial charge is 0.0518 e. The normalized spacial score (nSPS) is 28.2. The fourth-order valence-corrected chi connectivity index (χ4v) is 3.64. The molecule has 18 heavy (non-hydrogen) atoms. The largest absolute Gasteiger partial charge is 0.260 e. The maximum atomic E-state index is 6.37. The third kappa shape index (κ3) is 2.47. The molecule has 1 aromatic rings. The van der Waals surface area contributed by atoms with Crippen molar-refractivity contribution in [2.45, 2.75) is 56.2 Å². The third-order valence-corrected chi connectivity index (χ3v) is 4.58. The molecule has 0 fully saturated rings. The van der Waals surface area contributed by atoms with Crippen LogP contribution in [0, 0.1) is 0 Å². The summed E-state index contributed by atoms with van der Waals surface area (Å²) in [7, 11) is 0. The zero-order valence-corrected chi connectivity index (χ0v) is 11.5. The van der Waals surface area contributed by atoms with Gasteiger partial charge < -0.3 is 0 Å². The van der Waals surface area contributed by atoms with Crippen LogP contribution in [-0.2, 0) is 6.42 Å². The Bertz CT molecular complexity index is 452. The van der Waals surface area contributed by atoms with Crippen LogP contribution in [0.15, 0.2) is 30.0 Å². The number of alkyl halides is 1. The van der Waals surface area contributed by atoms with E-state index >= 15 is 0 Å². The number of hydrogen-bond donors (Lipinski definition) is 0. The van der Waals surface area contributed by atoms with Crippen molar-refractivity contribution >= 4 is 11.6 Å². The van der Waals surface area contributed by atoms with Gasteiger partial charge in [0.05, 0.1) is 11.1 Å². The topological polar surface area (TPSA) is 12.9 Å². The zero-order chi connectivity index (χ0) is 12.4. The van der Waals surface area contributed by atoms with Gasteiger partial charge in [0, 0.05) is 12.1 Å². The number of nitrogens with zero attached hydrogens (tertiary/aromatic N) is 1. The zero-order valence-electron chi connectivity index (χ0n) is 10.7. The lowest BCUT2D eigenvalue weighted by Crippen LogP contribution is -2.14. The first kappa shape index (κ1) is 12.2. The minimum atomic E-state index is 0.233. The van der Waals surface area contributed by atoms with E-state index in [9.17, 15) is 0 Å². The van der Waals surface area contributed by atoms with Gasteiger partial charge in [0.15, 0.2) is 0 Å². The van der Waals surface area contributed by atoms with Crippen molar-refractivity contribution in [2.75, 3.05) is 0 Å². The van der Waals surface area contributed by atoms with Crippen LogP contribution in [0.4, 0.5) is 0 Å². The molecule has 1 nitrogen and oxygen atoms in total. The van der Waals surface area contributed by atoms with Gasteiger partial charge in [-0.3, -0.25) is 4.98 Å². The average molecular weight is 262 g/mol. The van der Waals surface area contributed by atoms with Crippen molar-refractivity contribution in [1.29, 1.82) is 0 Å². The maximum absolute atomic E-state index is 6.37. The molecular weight excluding hydrogens is 242 g/mol. The molecular formula is C16H20ClN. The monoisotopic (exact) mass is 261 g/mol. The van der Waals surface area contributed by atoms with E-state index in [4.69, 9.17) is 11.6 Å². The van der Waals surface area contributed by atoms with Gasteiger partial charge in [-0.15, -0.1) is 11.6 Å². The molecule has 0 spiro atoms. The quantitative estimate of drug-likeness (QED) is 0.531. The Morgan fingerprint density at radius 3 is 3.00 bits per heavy atom. The molecule has 0 radical (unpaired) electrons. The van der Waals surface area contributed by atoms with E-state index < -0.39 is 0 Å². The summed E-state index contributed by atoms with van der Waals surface area (Å²) in [6, 6.07) is 4.30. The van der Waals surface area contributed by atoms with Crippen molar-refractivity contribution < 1.29 is 0 Å². The van der Waals surface area contributed by atoms with Gasteiger partial charge >= 0.3 is 0 Å². The summed E-state index contributed by atoms with van der Waals surface area (Å²) in [5.41, 5.74) is 4.32. The number of rotatable bonds is 1. The molecule has 0 amide bonds. The standard InChI is InChI=1S/C16H20ClN/c17-14-8-2-1-5-13(11-14)15-9-3-6-12-7-4-10-18-16(12)15/h4,7,10-11,14-15H,1-3,5-6,8-9H2. The Labute approximate surface area is 114 Å². The number of pyridine rings is 1. The molecule has 2 unspecified atom stereocenters. The van der Waals surface area contributed by atoms with Crippen LogP contribution < -0.4 is 0 Å². The van der Waals surface area contributed by atoms with Crippen molar-refractivity contribution in [3.05, 3.63) is 41.2 Å². The number of aromatic nitrogens is 1. The first-order valence-electron chi connectivity index (χ1n) is 7.13. The predicted octanol–water partition coefficient (Wildman–Crippen LogP) is 4.61. The molecule has 1 aromatic heterocycles. The van der Waals surface area contributed by atoms with Crippen LogP contribution in [0.1, 0.15) is 55.7 Å². The number of aryl methyl sites for hydroxylation is 1. The van der Waals surface area contributed by atoms with Crippen molar-refractivity contribution in [3.8, 4) is 0 Å². The Balaban J connectivity index is 1.93. The summed E-state index contributed by atoms with van der Waals surface area (Å²) < 4.78 is 0. The minimum Gasteiger partial charge on any atom is -0.260 e. The lowest BCUT2D eigenvalue weighted by atomic mass is 9.80.